The SMILES string of the molecule is CC1(c2cc3ccccc3s2)C=CC(N(c2ccc(-c3ccc4c(c3)c3ccccc3n4-c3ccccc3)cc2)c2ccc3c(c2)C(C)(C)c2ccccc2-3)=CC1. The lowest BCUT2D eigenvalue weighted by molar-refractivity contribution is 0.608. The molecular weight excluding hydrogens is 709 g/mol. The van der Waals surface area contributed by atoms with Crippen LogP contribution in [0.4, 0.5) is 11.4 Å². The van der Waals surface area contributed by atoms with Gasteiger partial charge in [0.25, 0.3) is 0 Å². The maximum Gasteiger partial charge on any atom is 0.0541 e. The predicted octanol–water partition coefficient (Wildman–Crippen LogP) is 14.9. The molecule has 1 unspecified atom stereocenters. The molecule has 0 N–H and O–H groups in total. The van der Waals surface area contributed by atoms with E-state index in [2.05, 4.69) is 218 Å². The second-order valence-electron chi connectivity index (χ2n) is 16.4. The van der Waals surface area contributed by atoms with Gasteiger partial charge in [0, 0.05) is 53.9 Å². The number of anilines is 2. The molecule has 0 radical (unpaired) electrons. The summed E-state index contributed by atoms with van der Waals surface area (Å²) in [6.07, 6.45) is 8.16. The molecule has 2 nitrogen and oxygen atoms in total. The zero-order valence-corrected chi connectivity index (χ0v) is 33.2. The van der Waals surface area contributed by atoms with Gasteiger partial charge in [-0.05, 0) is 118 Å². The van der Waals surface area contributed by atoms with Crippen LogP contribution in [0.1, 0.15) is 43.2 Å². The highest BCUT2D eigenvalue weighted by Crippen LogP contribution is 2.51. The van der Waals surface area contributed by atoms with Gasteiger partial charge in [0.05, 0.1) is 11.0 Å². The molecule has 0 saturated heterocycles. The van der Waals surface area contributed by atoms with Crippen molar-refractivity contribution in [2.75, 3.05) is 4.90 Å². The molecule has 2 aliphatic carbocycles. The van der Waals surface area contributed by atoms with Crippen molar-refractivity contribution in [2.45, 2.75) is 38.0 Å². The molecule has 2 heterocycles. The number of nitrogens with zero attached hydrogens (tertiary/aromatic N) is 2. The van der Waals surface area contributed by atoms with E-state index < -0.39 is 0 Å². The monoisotopic (exact) mass is 750 g/mol. The number of para-hydroxylation sites is 2. The van der Waals surface area contributed by atoms with Crippen LogP contribution < -0.4 is 4.90 Å². The van der Waals surface area contributed by atoms with E-state index in [1.54, 1.807) is 0 Å². The van der Waals surface area contributed by atoms with E-state index in [-0.39, 0.29) is 10.8 Å². The van der Waals surface area contributed by atoms with Crippen LogP contribution in [0.25, 0.3) is 59.8 Å². The number of thiophene rings is 1. The van der Waals surface area contributed by atoms with Gasteiger partial charge in [0.1, 0.15) is 0 Å². The first-order chi connectivity index (χ1) is 27.9. The summed E-state index contributed by atoms with van der Waals surface area (Å²) in [6.45, 7) is 7.11. The molecule has 0 fully saturated rings. The Morgan fingerprint density at radius 1 is 0.561 bits per heavy atom. The minimum atomic E-state index is -0.0870. The van der Waals surface area contributed by atoms with Gasteiger partial charge in [-0.15, -0.1) is 11.3 Å². The Labute approximate surface area is 338 Å². The third-order valence-corrected chi connectivity index (χ3v) is 14.0. The van der Waals surface area contributed by atoms with Crippen molar-refractivity contribution >= 4 is 54.6 Å². The van der Waals surface area contributed by atoms with E-state index in [1.165, 1.54) is 87.2 Å². The van der Waals surface area contributed by atoms with E-state index >= 15 is 0 Å². The number of allylic oxidation sites excluding steroid dienone is 3. The van der Waals surface area contributed by atoms with Gasteiger partial charge < -0.3 is 9.47 Å². The first-order valence-corrected chi connectivity index (χ1v) is 20.8. The summed E-state index contributed by atoms with van der Waals surface area (Å²) in [5, 5.41) is 3.85. The second kappa shape index (κ2) is 12.8. The van der Waals surface area contributed by atoms with Gasteiger partial charge in [-0.3, -0.25) is 0 Å². The molecule has 2 aliphatic rings. The van der Waals surface area contributed by atoms with E-state index in [4.69, 9.17) is 0 Å². The molecular formula is C54H42N2S. The molecule has 2 aromatic heterocycles. The van der Waals surface area contributed by atoms with Crippen LogP contribution in [0.3, 0.4) is 0 Å². The zero-order chi connectivity index (χ0) is 38.3. The Hall–Kier alpha value is -6.42. The molecule has 0 amide bonds. The fourth-order valence-corrected chi connectivity index (χ4v) is 10.6. The number of rotatable bonds is 6. The van der Waals surface area contributed by atoms with Crippen LogP contribution in [0.5, 0.6) is 0 Å². The average molecular weight is 751 g/mol. The summed E-state index contributed by atoms with van der Waals surface area (Å²) < 4.78 is 3.73. The van der Waals surface area contributed by atoms with Crippen molar-refractivity contribution in [3.05, 3.63) is 210 Å². The summed E-state index contributed by atoms with van der Waals surface area (Å²) in [5.74, 6) is 0. The van der Waals surface area contributed by atoms with Gasteiger partial charge in [0.2, 0.25) is 0 Å². The third kappa shape index (κ3) is 5.37. The van der Waals surface area contributed by atoms with E-state index in [9.17, 15) is 0 Å². The maximum absolute atomic E-state index is 2.46. The standard InChI is InChI=1S/C54H42N2S/c1-53(2)47-18-10-8-16-43(47)44-27-26-42(35-48(44)53)55(41-29-31-54(3,32-30-41)52-34-38-13-7-12-20-51(38)57-52)40-24-21-36(22-25-40)37-23-28-50-46(33-37)45-17-9-11-19-49(45)56(50)39-14-5-4-6-15-39/h4-31,33-35H,32H2,1-3H3. The molecule has 0 bridgehead atoms. The molecule has 9 aromatic rings. The summed E-state index contributed by atoms with van der Waals surface area (Å²) in [4.78, 5) is 3.87. The molecule has 0 saturated carbocycles. The van der Waals surface area contributed by atoms with Crippen LogP contribution in [-0.4, -0.2) is 4.57 Å². The highest BCUT2D eigenvalue weighted by Gasteiger charge is 2.36. The summed E-state index contributed by atoms with van der Waals surface area (Å²) in [5.41, 5.74) is 14.9. The molecule has 11 rings (SSSR count). The topological polar surface area (TPSA) is 8.17 Å². The van der Waals surface area contributed by atoms with Crippen molar-refractivity contribution < 1.29 is 0 Å². The van der Waals surface area contributed by atoms with Crippen molar-refractivity contribution in [3.63, 3.8) is 0 Å². The number of aromatic nitrogens is 1. The number of hydrogen-bond donors (Lipinski definition) is 0. The lowest BCUT2D eigenvalue weighted by atomic mass is 9.81. The summed E-state index contributed by atoms with van der Waals surface area (Å²) in [7, 11) is 0. The normalized spacial score (nSPS) is 16.9. The molecule has 0 aliphatic heterocycles. The molecule has 3 heteroatoms. The van der Waals surface area contributed by atoms with Gasteiger partial charge >= 0.3 is 0 Å². The number of benzene rings is 7. The van der Waals surface area contributed by atoms with Crippen LogP contribution in [0.15, 0.2) is 194 Å². The van der Waals surface area contributed by atoms with E-state index in [0.717, 1.165) is 12.1 Å². The Kier molecular flexibility index (Phi) is 7.61. The fourth-order valence-electron chi connectivity index (χ4n) is 9.42. The minimum Gasteiger partial charge on any atom is -0.311 e. The Morgan fingerprint density at radius 3 is 2.09 bits per heavy atom. The first kappa shape index (κ1) is 33.9. The van der Waals surface area contributed by atoms with Crippen LogP contribution >= 0.6 is 11.3 Å². The van der Waals surface area contributed by atoms with Crippen molar-refractivity contribution in [1.82, 2.24) is 4.57 Å². The predicted molar refractivity (Wildman–Crippen MR) is 243 cm³/mol. The van der Waals surface area contributed by atoms with Gasteiger partial charge in [-0.2, -0.15) is 0 Å². The average Bonchev–Trinajstić information content (AvgIpc) is 3.91. The van der Waals surface area contributed by atoms with Gasteiger partial charge in [-0.25, -0.2) is 0 Å². The Morgan fingerprint density at radius 2 is 1.26 bits per heavy atom. The quantitative estimate of drug-likeness (QED) is 0.164. The lowest BCUT2D eigenvalue weighted by Crippen LogP contribution is -2.24. The largest absolute Gasteiger partial charge is 0.311 e. The molecule has 7 aromatic carbocycles. The maximum atomic E-state index is 2.46. The Bertz CT molecular complexity index is 3050. The van der Waals surface area contributed by atoms with E-state index in [0.29, 0.717) is 0 Å². The van der Waals surface area contributed by atoms with Crippen molar-refractivity contribution in [1.29, 1.82) is 0 Å². The van der Waals surface area contributed by atoms with Gasteiger partial charge in [0.15, 0.2) is 0 Å². The minimum absolute atomic E-state index is 0.0629. The van der Waals surface area contributed by atoms with E-state index in [1.807, 2.05) is 11.3 Å². The molecule has 1 atom stereocenters. The van der Waals surface area contributed by atoms with Crippen molar-refractivity contribution in [2.24, 2.45) is 0 Å². The molecule has 0 spiro atoms. The smallest absolute Gasteiger partial charge is 0.0541 e. The third-order valence-electron chi connectivity index (χ3n) is 12.6. The zero-order valence-electron chi connectivity index (χ0n) is 32.4. The number of fused-ring (bicyclic) bond motifs is 7. The molecule has 274 valence electrons. The summed E-state index contributed by atoms with van der Waals surface area (Å²) >= 11 is 1.92. The van der Waals surface area contributed by atoms with Crippen LogP contribution in [0, 0.1) is 0 Å². The first-order valence-electron chi connectivity index (χ1n) is 20.0. The van der Waals surface area contributed by atoms with Gasteiger partial charge in [-0.1, -0.05) is 136 Å². The highest BCUT2D eigenvalue weighted by atomic mass is 32.1. The lowest BCUT2D eigenvalue weighted by Gasteiger charge is -2.33. The Balaban J connectivity index is 0.994. The molecule has 57 heavy (non-hydrogen) atoms. The van der Waals surface area contributed by atoms with Crippen LogP contribution in [-0.2, 0) is 10.8 Å². The van der Waals surface area contributed by atoms with Crippen molar-refractivity contribution in [3.8, 4) is 27.9 Å². The fraction of sp³-hybridized carbons (Fsp3) is 0.111. The van der Waals surface area contributed by atoms with Crippen LogP contribution in [0.2, 0.25) is 0 Å². The highest BCUT2D eigenvalue weighted by molar-refractivity contribution is 7.19. The summed E-state index contributed by atoms with van der Waals surface area (Å²) in [6, 6.07) is 62.7. The number of hydrogen-bond acceptors (Lipinski definition) is 2. The second-order valence-corrected chi connectivity index (χ2v) is 17.5.